The number of rotatable bonds is 5. The van der Waals surface area contributed by atoms with Gasteiger partial charge in [-0.1, -0.05) is 0 Å². The molecule has 0 spiro atoms. The molecule has 0 bridgehead atoms. The number of likely N-dealkylation sites (N-methyl/N-ethyl adjacent to an activating group) is 1. The zero-order valence-electron chi connectivity index (χ0n) is 9.29. The maximum atomic E-state index is 11.6. The fourth-order valence-electron chi connectivity index (χ4n) is 0.980. The van der Waals surface area contributed by atoms with E-state index in [1.165, 1.54) is 6.33 Å². The van der Waals surface area contributed by atoms with Gasteiger partial charge in [-0.15, -0.1) is 0 Å². The normalized spacial score (nSPS) is 11.4. The summed E-state index contributed by atoms with van der Waals surface area (Å²) in [4.78, 5) is 15.6. The Morgan fingerprint density at radius 1 is 1.60 bits per heavy atom. The predicted molar refractivity (Wildman–Crippen MR) is 56.2 cm³/mol. The summed E-state index contributed by atoms with van der Waals surface area (Å²) in [5.41, 5.74) is -0.540. The van der Waals surface area contributed by atoms with Crippen molar-refractivity contribution in [1.82, 2.24) is 25.8 Å². The van der Waals surface area contributed by atoms with Crippen LogP contribution in [-0.2, 0) is 11.2 Å². The molecule has 1 heterocycles. The zero-order valence-corrected chi connectivity index (χ0v) is 9.29. The Morgan fingerprint density at radius 3 is 2.87 bits per heavy atom. The van der Waals surface area contributed by atoms with Crippen LogP contribution in [0.2, 0.25) is 0 Å². The molecule has 0 saturated carbocycles. The van der Waals surface area contributed by atoms with E-state index < -0.39 is 5.54 Å². The van der Waals surface area contributed by atoms with Crippen molar-refractivity contribution in [2.24, 2.45) is 0 Å². The highest BCUT2D eigenvalue weighted by molar-refractivity contribution is 5.85. The summed E-state index contributed by atoms with van der Waals surface area (Å²) in [7, 11) is 1.76. The van der Waals surface area contributed by atoms with E-state index in [-0.39, 0.29) is 5.91 Å². The fraction of sp³-hybridized carbons (Fsp3) is 0.667. The summed E-state index contributed by atoms with van der Waals surface area (Å²) >= 11 is 0. The molecule has 0 saturated heterocycles. The third-order valence-electron chi connectivity index (χ3n) is 2.30. The Morgan fingerprint density at radius 2 is 2.33 bits per heavy atom. The number of hydrogen-bond acceptors (Lipinski definition) is 4. The van der Waals surface area contributed by atoms with E-state index in [2.05, 4.69) is 25.8 Å². The first kappa shape index (κ1) is 11.6. The van der Waals surface area contributed by atoms with Crippen LogP contribution in [0.15, 0.2) is 6.33 Å². The van der Waals surface area contributed by atoms with Crippen molar-refractivity contribution in [3.8, 4) is 0 Å². The van der Waals surface area contributed by atoms with Gasteiger partial charge in [0.15, 0.2) is 0 Å². The summed E-state index contributed by atoms with van der Waals surface area (Å²) in [5.74, 6) is 0.752. The van der Waals surface area contributed by atoms with Crippen molar-refractivity contribution in [3.05, 3.63) is 12.2 Å². The van der Waals surface area contributed by atoms with Gasteiger partial charge in [0.05, 0.1) is 5.54 Å². The second-order valence-corrected chi connectivity index (χ2v) is 3.81. The topological polar surface area (TPSA) is 82.7 Å². The molecule has 0 radical (unpaired) electrons. The minimum atomic E-state index is -0.540. The van der Waals surface area contributed by atoms with Gasteiger partial charge in [0, 0.05) is 13.0 Å². The summed E-state index contributed by atoms with van der Waals surface area (Å²) in [6.45, 7) is 4.21. The van der Waals surface area contributed by atoms with Crippen molar-refractivity contribution in [2.45, 2.75) is 25.8 Å². The SMILES string of the molecule is CNC(C)(C)C(=O)NCCc1ncn[nH]1. The zero-order chi connectivity index (χ0) is 11.3. The van der Waals surface area contributed by atoms with Crippen LogP contribution in [0.3, 0.4) is 0 Å². The van der Waals surface area contributed by atoms with Crippen LogP contribution in [0, 0.1) is 0 Å². The van der Waals surface area contributed by atoms with E-state index in [1.54, 1.807) is 7.05 Å². The lowest BCUT2D eigenvalue weighted by Crippen LogP contribution is -2.51. The first-order valence-electron chi connectivity index (χ1n) is 4.87. The highest BCUT2D eigenvalue weighted by atomic mass is 16.2. The Bertz CT molecular complexity index is 306. The van der Waals surface area contributed by atoms with Crippen molar-refractivity contribution in [3.63, 3.8) is 0 Å². The van der Waals surface area contributed by atoms with Gasteiger partial charge >= 0.3 is 0 Å². The largest absolute Gasteiger partial charge is 0.354 e. The van der Waals surface area contributed by atoms with Gasteiger partial charge in [-0.25, -0.2) is 4.98 Å². The van der Waals surface area contributed by atoms with Crippen molar-refractivity contribution in [1.29, 1.82) is 0 Å². The molecule has 1 aromatic heterocycles. The summed E-state index contributed by atoms with van der Waals surface area (Å²) in [6.07, 6.45) is 2.11. The summed E-state index contributed by atoms with van der Waals surface area (Å²) < 4.78 is 0. The Balaban J connectivity index is 2.29. The van der Waals surface area contributed by atoms with Crippen molar-refractivity contribution < 1.29 is 4.79 Å². The van der Waals surface area contributed by atoms with Crippen LogP contribution < -0.4 is 10.6 Å². The monoisotopic (exact) mass is 211 g/mol. The lowest BCUT2D eigenvalue weighted by molar-refractivity contribution is -0.126. The van der Waals surface area contributed by atoms with Crippen molar-refractivity contribution in [2.75, 3.05) is 13.6 Å². The smallest absolute Gasteiger partial charge is 0.239 e. The predicted octanol–water partition coefficient (Wildman–Crippen LogP) is -0.539. The Labute approximate surface area is 88.9 Å². The number of H-pyrrole nitrogens is 1. The van der Waals surface area contributed by atoms with Gasteiger partial charge < -0.3 is 10.6 Å². The summed E-state index contributed by atoms with van der Waals surface area (Å²) in [6, 6.07) is 0. The van der Waals surface area contributed by atoms with Crippen LogP contribution >= 0.6 is 0 Å². The molecular formula is C9H17N5O. The van der Waals surface area contributed by atoms with Gasteiger partial charge in [0.2, 0.25) is 5.91 Å². The van der Waals surface area contributed by atoms with E-state index in [4.69, 9.17) is 0 Å². The maximum absolute atomic E-state index is 11.6. The molecular weight excluding hydrogens is 194 g/mol. The number of amides is 1. The molecule has 0 fully saturated rings. The second-order valence-electron chi connectivity index (χ2n) is 3.81. The highest BCUT2D eigenvalue weighted by Gasteiger charge is 2.24. The highest BCUT2D eigenvalue weighted by Crippen LogP contribution is 1.99. The van der Waals surface area contributed by atoms with Gasteiger partial charge in [0.25, 0.3) is 0 Å². The van der Waals surface area contributed by atoms with E-state index >= 15 is 0 Å². The van der Waals surface area contributed by atoms with E-state index in [1.807, 2.05) is 13.8 Å². The minimum Gasteiger partial charge on any atom is -0.354 e. The van der Waals surface area contributed by atoms with Gasteiger partial charge in [-0.05, 0) is 20.9 Å². The quantitative estimate of drug-likeness (QED) is 0.611. The molecule has 1 rings (SSSR count). The lowest BCUT2D eigenvalue weighted by Gasteiger charge is -2.22. The molecule has 0 aliphatic heterocycles. The van der Waals surface area contributed by atoms with Gasteiger partial charge in [-0.3, -0.25) is 9.89 Å². The molecule has 3 N–H and O–H groups in total. The molecule has 1 aromatic rings. The number of carbonyl (C=O) groups is 1. The van der Waals surface area contributed by atoms with E-state index in [0.29, 0.717) is 13.0 Å². The number of carbonyl (C=O) groups excluding carboxylic acids is 1. The molecule has 84 valence electrons. The number of aromatic nitrogens is 3. The van der Waals surface area contributed by atoms with Crippen LogP contribution in [0.1, 0.15) is 19.7 Å². The Hall–Kier alpha value is -1.43. The molecule has 6 nitrogen and oxygen atoms in total. The Kier molecular flexibility index (Phi) is 3.79. The standard InChI is InChI=1S/C9H17N5O/c1-9(2,10-3)8(15)11-5-4-7-12-6-13-14-7/h6,10H,4-5H2,1-3H3,(H,11,15)(H,12,13,14). The first-order valence-corrected chi connectivity index (χ1v) is 4.87. The van der Waals surface area contributed by atoms with Crippen LogP contribution in [-0.4, -0.2) is 40.2 Å². The summed E-state index contributed by atoms with van der Waals surface area (Å²) in [5, 5.41) is 12.2. The number of aromatic amines is 1. The molecule has 0 aliphatic carbocycles. The van der Waals surface area contributed by atoms with Crippen molar-refractivity contribution >= 4 is 5.91 Å². The molecule has 0 atom stereocenters. The minimum absolute atomic E-state index is 0.0236. The third-order valence-corrected chi connectivity index (χ3v) is 2.30. The van der Waals surface area contributed by atoms with E-state index in [9.17, 15) is 4.79 Å². The molecule has 1 amide bonds. The van der Waals surface area contributed by atoms with Gasteiger partial charge in [0.1, 0.15) is 12.2 Å². The number of nitrogens with one attached hydrogen (secondary N) is 3. The van der Waals surface area contributed by atoms with E-state index in [0.717, 1.165) is 5.82 Å². The van der Waals surface area contributed by atoms with Crippen LogP contribution in [0.4, 0.5) is 0 Å². The third kappa shape index (κ3) is 3.32. The average Bonchev–Trinajstić information content (AvgIpc) is 2.70. The first-order chi connectivity index (χ1) is 7.06. The fourth-order valence-corrected chi connectivity index (χ4v) is 0.980. The molecule has 0 aromatic carbocycles. The van der Waals surface area contributed by atoms with Gasteiger partial charge in [-0.2, -0.15) is 5.10 Å². The van der Waals surface area contributed by atoms with Crippen LogP contribution in [0.25, 0.3) is 0 Å². The molecule has 6 heteroatoms. The molecule has 0 aliphatic rings. The molecule has 0 unspecified atom stereocenters. The maximum Gasteiger partial charge on any atom is 0.239 e. The van der Waals surface area contributed by atoms with Crippen LogP contribution in [0.5, 0.6) is 0 Å². The lowest BCUT2D eigenvalue weighted by atomic mass is 10.1. The average molecular weight is 211 g/mol. The number of hydrogen-bond donors (Lipinski definition) is 3. The number of nitrogens with zero attached hydrogens (tertiary/aromatic N) is 2. The molecule has 15 heavy (non-hydrogen) atoms. The second kappa shape index (κ2) is 4.88.